The largest absolute Gasteiger partial charge is 0.365 e. The number of likely N-dealkylation sites (tertiary alicyclic amines) is 1. The normalized spacial score (nSPS) is 27.7. The number of benzene rings is 1. The minimum absolute atomic E-state index is 0.00631. The topological polar surface area (TPSA) is 85.0 Å². The molecule has 0 bridgehead atoms. The van der Waals surface area contributed by atoms with Crippen LogP contribution in [0, 0.1) is 11.7 Å². The molecule has 2 unspecified atom stereocenters. The summed E-state index contributed by atoms with van der Waals surface area (Å²) in [5.41, 5.74) is -0.694. The molecule has 4 rings (SSSR count). The van der Waals surface area contributed by atoms with Crippen LogP contribution in [0.2, 0.25) is 5.02 Å². The quantitative estimate of drug-likeness (QED) is 0.569. The number of alkyl halides is 2. The molecule has 3 aliphatic heterocycles. The number of halogens is 4. The Kier molecular flexibility index (Phi) is 6.93. The van der Waals surface area contributed by atoms with E-state index in [1.807, 2.05) is 11.8 Å². The van der Waals surface area contributed by atoms with Crippen molar-refractivity contribution in [3.05, 3.63) is 29.0 Å². The summed E-state index contributed by atoms with van der Waals surface area (Å²) in [5, 5.41) is 4.82. The summed E-state index contributed by atoms with van der Waals surface area (Å²) in [6, 6.07) is 3.74. The fraction of sp³-hybridized carbons (Fsp3) is 0.609. The van der Waals surface area contributed by atoms with Gasteiger partial charge in [0.05, 0.1) is 11.6 Å². The molecule has 1 aromatic rings. The van der Waals surface area contributed by atoms with Crippen molar-refractivity contribution in [3.63, 3.8) is 0 Å². The number of carbonyl (C=O) groups excluding carboxylic acids is 3. The van der Waals surface area contributed by atoms with E-state index in [9.17, 15) is 27.6 Å². The van der Waals surface area contributed by atoms with E-state index in [1.54, 1.807) is 24.0 Å². The molecule has 3 atom stereocenters. The van der Waals surface area contributed by atoms with Gasteiger partial charge in [-0.3, -0.25) is 19.8 Å². The van der Waals surface area contributed by atoms with E-state index in [4.69, 9.17) is 11.6 Å². The molecule has 0 saturated carbocycles. The van der Waals surface area contributed by atoms with Crippen molar-refractivity contribution in [2.24, 2.45) is 5.92 Å². The van der Waals surface area contributed by atoms with E-state index in [2.05, 4.69) is 10.6 Å². The smallest absolute Gasteiger partial charge is 0.322 e. The number of anilines is 1. The fourth-order valence-electron chi connectivity index (χ4n) is 5.30. The first-order valence-electron chi connectivity index (χ1n) is 11.6. The number of nitrogens with zero attached hydrogens (tertiary/aromatic N) is 3. The van der Waals surface area contributed by atoms with Crippen LogP contribution in [0.5, 0.6) is 0 Å². The Balaban J connectivity index is 1.42. The van der Waals surface area contributed by atoms with Crippen molar-refractivity contribution in [1.82, 2.24) is 20.4 Å². The lowest BCUT2D eigenvalue weighted by molar-refractivity contribution is -0.137. The Morgan fingerprint density at radius 3 is 2.57 bits per heavy atom. The van der Waals surface area contributed by atoms with Crippen molar-refractivity contribution in [1.29, 1.82) is 0 Å². The van der Waals surface area contributed by atoms with Gasteiger partial charge in [-0.15, -0.1) is 0 Å². The van der Waals surface area contributed by atoms with Crippen molar-refractivity contribution in [2.75, 3.05) is 44.2 Å². The summed E-state index contributed by atoms with van der Waals surface area (Å²) < 4.78 is 41.0. The molecule has 192 valence electrons. The van der Waals surface area contributed by atoms with E-state index < -0.39 is 41.7 Å². The predicted molar refractivity (Wildman–Crippen MR) is 124 cm³/mol. The molecule has 0 aliphatic carbocycles. The molecule has 0 spiro atoms. The van der Waals surface area contributed by atoms with Crippen LogP contribution in [0.1, 0.15) is 26.7 Å². The van der Waals surface area contributed by atoms with Crippen LogP contribution in [-0.2, 0) is 9.59 Å². The Labute approximate surface area is 206 Å². The summed E-state index contributed by atoms with van der Waals surface area (Å²) >= 11 is 5.92. The zero-order valence-electron chi connectivity index (χ0n) is 19.6. The van der Waals surface area contributed by atoms with Crippen LogP contribution in [0.3, 0.4) is 0 Å². The van der Waals surface area contributed by atoms with Crippen LogP contribution in [0.15, 0.2) is 18.2 Å². The van der Waals surface area contributed by atoms with Gasteiger partial charge in [0, 0.05) is 56.8 Å². The van der Waals surface area contributed by atoms with Crippen molar-refractivity contribution in [3.8, 4) is 0 Å². The molecule has 2 N–H and O–H groups in total. The fourth-order valence-corrected chi connectivity index (χ4v) is 5.47. The third kappa shape index (κ3) is 5.35. The van der Waals surface area contributed by atoms with Gasteiger partial charge in [-0.2, -0.15) is 0 Å². The number of hydrogen-bond acceptors (Lipinski definition) is 5. The van der Waals surface area contributed by atoms with Crippen molar-refractivity contribution >= 4 is 35.1 Å². The average Bonchev–Trinajstić information content (AvgIpc) is 3.25. The molecule has 1 aromatic carbocycles. The third-order valence-corrected chi connectivity index (χ3v) is 7.30. The molecular formula is C23H29ClF3N5O3. The first kappa shape index (κ1) is 25.6. The van der Waals surface area contributed by atoms with Gasteiger partial charge in [0.25, 0.3) is 11.8 Å². The van der Waals surface area contributed by atoms with Crippen LogP contribution in [0.25, 0.3) is 0 Å². The van der Waals surface area contributed by atoms with Gasteiger partial charge in [0.2, 0.25) is 5.91 Å². The minimum atomic E-state index is -2.84. The first-order valence-corrected chi connectivity index (χ1v) is 12.0. The summed E-state index contributed by atoms with van der Waals surface area (Å²) in [6.07, 6.45) is -0.317. The number of amides is 4. The Morgan fingerprint density at radius 1 is 1.26 bits per heavy atom. The first-order chi connectivity index (χ1) is 16.4. The monoisotopic (exact) mass is 515 g/mol. The number of piperazine rings is 1. The summed E-state index contributed by atoms with van der Waals surface area (Å²) in [7, 11) is 0. The number of nitrogens with one attached hydrogen (secondary N) is 2. The summed E-state index contributed by atoms with van der Waals surface area (Å²) in [4.78, 5) is 43.2. The van der Waals surface area contributed by atoms with E-state index >= 15 is 0 Å². The number of rotatable bonds is 6. The third-order valence-electron chi connectivity index (χ3n) is 7.01. The van der Waals surface area contributed by atoms with E-state index in [0.29, 0.717) is 19.6 Å². The maximum Gasteiger partial charge on any atom is 0.322 e. The molecule has 3 fully saturated rings. The van der Waals surface area contributed by atoms with Crippen LogP contribution in [0.4, 0.5) is 23.7 Å². The maximum atomic E-state index is 13.7. The maximum absolute atomic E-state index is 13.7. The lowest BCUT2D eigenvalue weighted by Crippen LogP contribution is -2.58. The molecular weight excluding hydrogens is 487 g/mol. The number of imide groups is 1. The Morgan fingerprint density at radius 2 is 2.00 bits per heavy atom. The molecule has 4 amide bonds. The lowest BCUT2D eigenvalue weighted by atomic mass is 9.86. The Hall–Kier alpha value is -2.53. The van der Waals surface area contributed by atoms with Gasteiger partial charge in [-0.25, -0.2) is 18.0 Å². The number of hydrogen-bond donors (Lipinski definition) is 2. The average molecular weight is 516 g/mol. The second kappa shape index (κ2) is 9.50. The standard InChI is InChI=1S/C23H29ClF3N5O3/c1-14(10-22(20(34)28-21(35)29-22)12-30-6-5-23(26,27)13-30)19(33)31-7-8-32(15(2)11-31)16-3-4-18(25)17(24)9-16/h3-4,9,14-15H,5-8,10-13H2,1-2H3,(H2,28,29,34,35)/t14?,15-,22?/m0/s1. The number of urea groups is 1. The highest BCUT2D eigenvalue weighted by Gasteiger charge is 2.51. The highest BCUT2D eigenvalue weighted by Crippen LogP contribution is 2.31. The minimum Gasteiger partial charge on any atom is -0.365 e. The van der Waals surface area contributed by atoms with Crippen LogP contribution in [-0.4, -0.2) is 84.4 Å². The molecule has 3 heterocycles. The molecule has 0 radical (unpaired) electrons. The van der Waals surface area contributed by atoms with E-state index in [0.717, 1.165) is 5.69 Å². The highest BCUT2D eigenvalue weighted by molar-refractivity contribution is 6.31. The van der Waals surface area contributed by atoms with E-state index in [1.165, 1.54) is 11.0 Å². The molecule has 3 aliphatic rings. The zero-order valence-corrected chi connectivity index (χ0v) is 20.4. The van der Waals surface area contributed by atoms with Crippen LogP contribution < -0.4 is 15.5 Å². The summed E-state index contributed by atoms with van der Waals surface area (Å²) in [6.45, 7) is 4.47. The van der Waals surface area contributed by atoms with Gasteiger partial charge in [0.1, 0.15) is 11.4 Å². The second-order valence-corrected chi connectivity index (χ2v) is 10.2. The van der Waals surface area contributed by atoms with Gasteiger partial charge in [-0.1, -0.05) is 18.5 Å². The van der Waals surface area contributed by atoms with Gasteiger partial charge in [-0.05, 0) is 31.5 Å². The highest BCUT2D eigenvalue weighted by atomic mass is 35.5. The SMILES string of the molecule is CC(CC1(CN2CCC(F)(F)C2)NC(=O)NC1=O)C(=O)N1CCN(c2ccc(F)c(Cl)c2)[C@@H](C)C1. The molecule has 12 heteroatoms. The molecule has 0 aromatic heterocycles. The Bertz CT molecular complexity index is 1030. The number of carbonyl (C=O) groups is 3. The van der Waals surface area contributed by atoms with Gasteiger partial charge < -0.3 is 15.1 Å². The summed E-state index contributed by atoms with van der Waals surface area (Å²) in [5.74, 6) is -4.77. The van der Waals surface area contributed by atoms with Gasteiger partial charge >= 0.3 is 6.03 Å². The van der Waals surface area contributed by atoms with Gasteiger partial charge in [0.15, 0.2) is 0 Å². The zero-order chi connectivity index (χ0) is 25.5. The lowest BCUT2D eigenvalue weighted by Gasteiger charge is -2.42. The second-order valence-electron chi connectivity index (χ2n) is 9.84. The van der Waals surface area contributed by atoms with Crippen molar-refractivity contribution in [2.45, 2.75) is 44.2 Å². The molecule has 8 nitrogen and oxygen atoms in total. The van der Waals surface area contributed by atoms with Crippen molar-refractivity contribution < 1.29 is 27.6 Å². The van der Waals surface area contributed by atoms with E-state index in [-0.39, 0.29) is 42.9 Å². The molecule has 3 saturated heterocycles. The van der Waals surface area contributed by atoms with Crippen LogP contribution >= 0.6 is 11.6 Å². The molecule has 35 heavy (non-hydrogen) atoms. The predicted octanol–water partition coefficient (Wildman–Crippen LogP) is 2.46.